The summed E-state index contributed by atoms with van der Waals surface area (Å²) in [4.78, 5) is 12.7. The molecule has 1 heterocycles. The lowest BCUT2D eigenvalue weighted by atomic mass is 10.2. The number of aryl methyl sites for hydroxylation is 2. The van der Waals surface area contributed by atoms with E-state index < -0.39 is 0 Å². The van der Waals surface area contributed by atoms with E-state index in [0.717, 1.165) is 28.3 Å². The Morgan fingerprint density at radius 3 is 2.43 bits per heavy atom. The maximum absolute atomic E-state index is 12.7. The number of carbonyl (C=O) groups excluding carboxylic acids is 1. The van der Waals surface area contributed by atoms with Gasteiger partial charge in [-0.1, -0.05) is 47.1 Å². The van der Waals surface area contributed by atoms with Gasteiger partial charge in [0.05, 0.1) is 12.9 Å². The van der Waals surface area contributed by atoms with E-state index in [9.17, 15) is 4.79 Å². The standard InChI is InChI=1S/C26H25ClN4O3S/c1-17-4-10-22(11-5-17)34-15-24-29-30-26(31(24)20-8-12-21(33-3)13-9-20)35-16-25(32)28-23-14-19(27)7-6-18(23)2/h4-14H,15-16H2,1-3H3,(H,28,32). The van der Waals surface area contributed by atoms with Crippen LogP contribution < -0.4 is 14.8 Å². The lowest BCUT2D eigenvalue weighted by molar-refractivity contribution is -0.113. The summed E-state index contributed by atoms with van der Waals surface area (Å²) in [6.07, 6.45) is 0. The maximum Gasteiger partial charge on any atom is 0.234 e. The first-order valence-electron chi connectivity index (χ1n) is 10.9. The summed E-state index contributed by atoms with van der Waals surface area (Å²) >= 11 is 7.36. The zero-order valence-electron chi connectivity index (χ0n) is 19.6. The van der Waals surface area contributed by atoms with E-state index in [0.29, 0.717) is 21.7 Å². The van der Waals surface area contributed by atoms with Gasteiger partial charge in [0.15, 0.2) is 11.0 Å². The number of anilines is 1. The van der Waals surface area contributed by atoms with Gasteiger partial charge in [-0.05, 0) is 67.9 Å². The Morgan fingerprint density at radius 2 is 1.71 bits per heavy atom. The molecule has 4 rings (SSSR count). The van der Waals surface area contributed by atoms with E-state index in [1.807, 2.05) is 73.0 Å². The Kier molecular flexibility index (Phi) is 7.94. The summed E-state index contributed by atoms with van der Waals surface area (Å²) in [5.74, 6) is 2.08. The quantitative estimate of drug-likeness (QED) is 0.285. The van der Waals surface area contributed by atoms with E-state index in [1.54, 1.807) is 19.2 Å². The van der Waals surface area contributed by atoms with Crippen LogP contribution in [0.25, 0.3) is 5.69 Å². The zero-order valence-corrected chi connectivity index (χ0v) is 21.2. The van der Waals surface area contributed by atoms with Crippen LogP contribution in [0.1, 0.15) is 17.0 Å². The molecule has 180 valence electrons. The van der Waals surface area contributed by atoms with Crippen LogP contribution in [0.5, 0.6) is 11.5 Å². The number of hydrogen-bond acceptors (Lipinski definition) is 6. The van der Waals surface area contributed by atoms with Crippen LogP contribution in [0, 0.1) is 13.8 Å². The number of rotatable bonds is 9. The molecule has 1 amide bonds. The number of halogens is 1. The largest absolute Gasteiger partial charge is 0.497 e. The predicted octanol–water partition coefficient (Wildman–Crippen LogP) is 5.86. The van der Waals surface area contributed by atoms with Gasteiger partial charge in [-0.25, -0.2) is 0 Å². The van der Waals surface area contributed by atoms with Gasteiger partial charge in [-0.15, -0.1) is 10.2 Å². The Hall–Kier alpha value is -3.49. The van der Waals surface area contributed by atoms with Crippen LogP contribution in [0.15, 0.2) is 71.9 Å². The summed E-state index contributed by atoms with van der Waals surface area (Å²) in [5.41, 5.74) is 3.62. The number of nitrogens with one attached hydrogen (secondary N) is 1. The molecule has 0 saturated heterocycles. The summed E-state index contributed by atoms with van der Waals surface area (Å²) in [7, 11) is 1.62. The number of carbonyl (C=O) groups is 1. The molecule has 7 nitrogen and oxygen atoms in total. The SMILES string of the molecule is COc1ccc(-n2c(COc3ccc(C)cc3)nnc2SCC(=O)Nc2cc(Cl)ccc2C)cc1. The first-order valence-corrected chi connectivity index (χ1v) is 12.3. The number of nitrogens with zero attached hydrogens (tertiary/aromatic N) is 3. The third-order valence-corrected chi connectivity index (χ3v) is 6.39. The fourth-order valence-electron chi connectivity index (χ4n) is 3.31. The highest BCUT2D eigenvalue weighted by molar-refractivity contribution is 7.99. The number of thioether (sulfide) groups is 1. The van der Waals surface area contributed by atoms with E-state index in [1.165, 1.54) is 11.8 Å². The van der Waals surface area contributed by atoms with Crippen molar-refractivity contribution in [3.8, 4) is 17.2 Å². The van der Waals surface area contributed by atoms with Crippen molar-refractivity contribution in [1.29, 1.82) is 0 Å². The third kappa shape index (κ3) is 6.35. The molecular weight excluding hydrogens is 484 g/mol. The fourth-order valence-corrected chi connectivity index (χ4v) is 4.25. The molecule has 0 spiro atoms. The Balaban J connectivity index is 1.52. The lowest BCUT2D eigenvalue weighted by Gasteiger charge is -2.12. The second-order valence-electron chi connectivity index (χ2n) is 7.83. The number of aromatic nitrogens is 3. The van der Waals surface area contributed by atoms with E-state index in [-0.39, 0.29) is 18.3 Å². The average Bonchev–Trinajstić information content (AvgIpc) is 3.27. The Bertz CT molecular complexity index is 1310. The summed E-state index contributed by atoms with van der Waals surface area (Å²) < 4.78 is 13.1. The monoisotopic (exact) mass is 508 g/mol. The average molecular weight is 509 g/mol. The minimum atomic E-state index is -0.165. The van der Waals surface area contributed by atoms with Gasteiger partial charge in [0.2, 0.25) is 5.91 Å². The summed E-state index contributed by atoms with van der Waals surface area (Å²) in [5, 5.41) is 12.7. The Labute approximate surface area is 213 Å². The van der Waals surface area contributed by atoms with Crippen LogP contribution >= 0.6 is 23.4 Å². The van der Waals surface area contributed by atoms with Gasteiger partial charge in [0.25, 0.3) is 0 Å². The molecule has 4 aromatic rings. The first-order chi connectivity index (χ1) is 16.9. The molecule has 0 aliphatic carbocycles. The minimum Gasteiger partial charge on any atom is -0.497 e. The highest BCUT2D eigenvalue weighted by Gasteiger charge is 2.17. The van der Waals surface area contributed by atoms with Crippen molar-refractivity contribution < 1.29 is 14.3 Å². The van der Waals surface area contributed by atoms with Crippen molar-refractivity contribution in [2.24, 2.45) is 0 Å². The van der Waals surface area contributed by atoms with Crippen molar-refractivity contribution in [2.75, 3.05) is 18.2 Å². The predicted molar refractivity (Wildman–Crippen MR) is 139 cm³/mol. The van der Waals surface area contributed by atoms with Crippen LogP contribution in [0.4, 0.5) is 5.69 Å². The van der Waals surface area contributed by atoms with E-state index in [2.05, 4.69) is 15.5 Å². The van der Waals surface area contributed by atoms with E-state index >= 15 is 0 Å². The van der Waals surface area contributed by atoms with Crippen molar-refractivity contribution in [1.82, 2.24) is 14.8 Å². The molecule has 0 bridgehead atoms. The second-order valence-corrected chi connectivity index (χ2v) is 9.21. The molecule has 0 radical (unpaired) electrons. The molecule has 0 aliphatic rings. The van der Waals surface area contributed by atoms with Crippen molar-refractivity contribution in [3.63, 3.8) is 0 Å². The highest BCUT2D eigenvalue weighted by Crippen LogP contribution is 2.26. The minimum absolute atomic E-state index is 0.152. The van der Waals surface area contributed by atoms with Crippen LogP contribution in [0.3, 0.4) is 0 Å². The molecule has 0 atom stereocenters. The molecule has 1 N–H and O–H groups in total. The molecule has 35 heavy (non-hydrogen) atoms. The third-order valence-electron chi connectivity index (χ3n) is 5.23. The number of hydrogen-bond donors (Lipinski definition) is 1. The molecule has 0 unspecified atom stereocenters. The van der Waals surface area contributed by atoms with Crippen LogP contribution in [-0.4, -0.2) is 33.5 Å². The van der Waals surface area contributed by atoms with Gasteiger partial charge >= 0.3 is 0 Å². The van der Waals surface area contributed by atoms with Crippen molar-refractivity contribution in [3.05, 3.63) is 88.7 Å². The smallest absolute Gasteiger partial charge is 0.234 e. The van der Waals surface area contributed by atoms with Crippen molar-refractivity contribution >= 4 is 35.0 Å². The number of benzene rings is 3. The normalized spacial score (nSPS) is 10.7. The molecule has 0 saturated carbocycles. The van der Waals surface area contributed by atoms with Gasteiger partial charge in [0.1, 0.15) is 18.1 Å². The molecule has 0 fully saturated rings. The maximum atomic E-state index is 12.7. The number of amides is 1. The van der Waals surface area contributed by atoms with E-state index in [4.69, 9.17) is 21.1 Å². The topological polar surface area (TPSA) is 78.3 Å². The first kappa shape index (κ1) is 24.6. The van der Waals surface area contributed by atoms with Gasteiger partial charge in [-0.3, -0.25) is 9.36 Å². The molecule has 3 aromatic carbocycles. The van der Waals surface area contributed by atoms with Gasteiger partial charge in [-0.2, -0.15) is 0 Å². The molecule has 1 aromatic heterocycles. The molecular formula is C26H25ClN4O3S. The number of ether oxygens (including phenoxy) is 2. The number of methoxy groups -OCH3 is 1. The van der Waals surface area contributed by atoms with Gasteiger partial charge in [0, 0.05) is 16.4 Å². The Morgan fingerprint density at radius 1 is 1.00 bits per heavy atom. The van der Waals surface area contributed by atoms with Crippen LogP contribution in [-0.2, 0) is 11.4 Å². The van der Waals surface area contributed by atoms with Gasteiger partial charge < -0.3 is 14.8 Å². The second kappa shape index (κ2) is 11.3. The van der Waals surface area contributed by atoms with Crippen molar-refractivity contribution in [2.45, 2.75) is 25.6 Å². The fraction of sp³-hybridized carbons (Fsp3) is 0.192. The zero-order chi connectivity index (χ0) is 24.8. The molecule has 9 heteroatoms. The molecule has 0 aliphatic heterocycles. The lowest BCUT2D eigenvalue weighted by Crippen LogP contribution is -2.15. The summed E-state index contributed by atoms with van der Waals surface area (Å²) in [6.45, 7) is 4.16. The van der Waals surface area contributed by atoms with Crippen LogP contribution in [0.2, 0.25) is 5.02 Å². The highest BCUT2D eigenvalue weighted by atomic mass is 35.5. The summed E-state index contributed by atoms with van der Waals surface area (Å²) in [6, 6.07) is 20.8.